The molecule has 1 aromatic heterocycles. The van der Waals surface area contributed by atoms with E-state index >= 15 is 0 Å². The van der Waals surface area contributed by atoms with Gasteiger partial charge in [0.15, 0.2) is 18.2 Å². The number of halogens is 3. The molecule has 1 aromatic carbocycles. The Labute approximate surface area is 124 Å². The minimum absolute atomic E-state index is 0.0633. The Kier molecular flexibility index (Phi) is 4.53. The molecule has 1 heterocycles. The fraction of sp³-hybridized carbons (Fsp3) is 0.0833. The van der Waals surface area contributed by atoms with Crippen molar-refractivity contribution >= 4 is 49.0 Å². The number of ketones is 1. The van der Waals surface area contributed by atoms with Gasteiger partial charge in [0, 0.05) is 4.47 Å². The van der Waals surface area contributed by atoms with Crippen LogP contribution in [0.25, 0.3) is 0 Å². The normalized spacial score (nSPS) is 10.4. The fourth-order valence-electron chi connectivity index (χ4n) is 1.27. The minimum Gasteiger partial charge on any atom is -0.482 e. The van der Waals surface area contributed by atoms with E-state index in [-0.39, 0.29) is 18.1 Å². The molecule has 0 radical (unpaired) electrons. The van der Waals surface area contributed by atoms with Crippen molar-refractivity contribution in [2.75, 3.05) is 6.61 Å². The topological polar surface area (TPSA) is 26.3 Å². The van der Waals surface area contributed by atoms with Gasteiger partial charge in [-0.25, -0.2) is 4.39 Å². The minimum atomic E-state index is -0.488. The third-order valence-corrected chi connectivity index (χ3v) is 4.26. The maximum absolute atomic E-state index is 13.4. The first-order valence-electron chi connectivity index (χ1n) is 4.92. The van der Waals surface area contributed by atoms with E-state index in [1.165, 1.54) is 23.5 Å². The van der Waals surface area contributed by atoms with Gasteiger partial charge < -0.3 is 4.74 Å². The molecule has 6 heteroatoms. The van der Waals surface area contributed by atoms with E-state index < -0.39 is 5.82 Å². The van der Waals surface area contributed by atoms with Gasteiger partial charge in [0.05, 0.1) is 8.66 Å². The molecule has 2 rings (SSSR count). The lowest BCUT2D eigenvalue weighted by atomic mass is 10.3. The Morgan fingerprint density at radius 1 is 1.28 bits per heavy atom. The number of carbonyl (C=O) groups excluding carboxylic acids is 1. The lowest BCUT2D eigenvalue weighted by molar-refractivity contribution is 0.0923. The van der Waals surface area contributed by atoms with Crippen LogP contribution in [0.5, 0.6) is 5.75 Å². The lowest BCUT2D eigenvalue weighted by Gasteiger charge is -2.06. The smallest absolute Gasteiger partial charge is 0.210 e. The molecule has 0 aliphatic rings. The number of benzene rings is 1. The van der Waals surface area contributed by atoms with Crippen molar-refractivity contribution < 1.29 is 13.9 Å². The van der Waals surface area contributed by atoms with Crippen molar-refractivity contribution in [2.24, 2.45) is 0 Å². The monoisotopic (exact) mass is 392 g/mol. The lowest BCUT2D eigenvalue weighted by Crippen LogP contribution is -2.10. The summed E-state index contributed by atoms with van der Waals surface area (Å²) >= 11 is 7.82. The van der Waals surface area contributed by atoms with Gasteiger partial charge in [-0.2, -0.15) is 0 Å². The van der Waals surface area contributed by atoms with Gasteiger partial charge in [0.25, 0.3) is 0 Å². The summed E-state index contributed by atoms with van der Waals surface area (Å²) in [7, 11) is 0. The first kappa shape index (κ1) is 13.7. The first-order valence-corrected chi connectivity index (χ1v) is 7.33. The summed E-state index contributed by atoms with van der Waals surface area (Å²) in [6.07, 6.45) is 0. The Morgan fingerprint density at radius 2 is 2.06 bits per heavy atom. The summed E-state index contributed by atoms with van der Waals surface area (Å²) in [6.45, 7) is -0.180. The van der Waals surface area contributed by atoms with E-state index in [1.54, 1.807) is 18.2 Å². The molecule has 0 aliphatic carbocycles. The maximum Gasteiger partial charge on any atom is 0.210 e. The maximum atomic E-state index is 13.4. The zero-order valence-electron chi connectivity index (χ0n) is 8.95. The van der Waals surface area contributed by atoms with Gasteiger partial charge in [-0.15, -0.1) is 11.3 Å². The molecule has 0 fully saturated rings. The standard InChI is InChI=1S/C12H7Br2FO2S/c13-7-1-2-8(15)10(5-7)17-6-9(16)11-3-4-12(14)18-11/h1-5H,6H2. The Hall–Kier alpha value is -0.720. The number of rotatable bonds is 4. The molecule has 2 nitrogen and oxygen atoms in total. The van der Waals surface area contributed by atoms with Crippen molar-refractivity contribution in [3.8, 4) is 5.75 Å². The van der Waals surface area contributed by atoms with E-state index in [1.807, 2.05) is 0 Å². The van der Waals surface area contributed by atoms with Crippen LogP contribution < -0.4 is 4.74 Å². The van der Waals surface area contributed by atoms with Crippen LogP contribution in [0.3, 0.4) is 0 Å². The second kappa shape index (κ2) is 5.95. The molecule has 0 saturated heterocycles. The number of ether oxygens (including phenoxy) is 1. The predicted molar refractivity (Wildman–Crippen MR) is 75.9 cm³/mol. The van der Waals surface area contributed by atoms with Gasteiger partial charge in [-0.05, 0) is 46.3 Å². The summed E-state index contributed by atoms with van der Waals surface area (Å²) < 4.78 is 20.1. The van der Waals surface area contributed by atoms with Gasteiger partial charge in [0.2, 0.25) is 5.78 Å². The van der Waals surface area contributed by atoms with Crippen LogP contribution in [-0.2, 0) is 0 Å². The number of thiophene rings is 1. The zero-order chi connectivity index (χ0) is 13.1. The van der Waals surface area contributed by atoms with Crippen LogP contribution in [0, 0.1) is 5.82 Å². The van der Waals surface area contributed by atoms with Gasteiger partial charge in [-0.3, -0.25) is 4.79 Å². The molecule has 0 atom stereocenters. The summed E-state index contributed by atoms with van der Waals surface area (Å²) in [5.41, 5.74) is 0. The number of Topliss-reactive ketones (excluding diaryl/α,β-unsaturated/α-hetero) is 1. The van der Waals surface area contributed by atoms with Crippen LogP contribution in [0.1, 0.15) is 9.67 Å². The number of hydrogen-bond donors (Lipinski definition) is 0. The zero-order valence-corrected chi connectivity index (χ0v) is 12.9. The molecule has 0 saturated carbocycles. The van der Waals surface area contributed by atoms with Crippen molar-refractivity contribution in [1.29, 1.82) is 0 Å². The van der Waals surface area contributed by atoms with Crippen molar-refractivity contribution in [1.82, 2.24) is 0 Å². The summed E-state index contributed by atoms with van der Waals surface area (Å²) in [5.74, 6) is -0.600. The highest BCUT2D eigenvalue weighted by atomic mass is 79.9. The second-order valence-corrected chi connectivity index (χ2v) is 6.77. The average Bonchev–Trinajstić information content (AvgIpc) is 2.77. The van der Waals surface area contributed by atoms with Crippen LogP contribution >= 0.6 is 43.2 Å². The van der Waals surface area contributed by atoms with Crippen LogP contribution in [0.4, 0.5) is 4.39 Å². The van der Waals surface area contributed by atoms with Crippen molar-refractivity contribution in [2.45, 2.75) is 0 Å². The quantitative estimate of drug-likeness (QED) is 0.705. The average molecular weight is 394 g/mol. The second-order valence-electron chi connectivity index (χ2n) is 3.39. The SMILES string of the molecule is O=C(COc1cc(Br)ccc1F)c1ccc(Br)s1. The van der Waals surface area contributed by atoms with Gasteiger partial charge >= 0.3 is 0 Å². The Morgan fingerprint density at radius 3 is 2.72 bits per heavy atom. The van der Waals surface area contributed by atoms with E-state index in [0.29, 0.717) is 9.35 Å². The Balaban J connectivity index is 2.03. The van der Waals surface area contributed by atoms with Crippen molar-refractivity contribution in [3.63, 3.8) is 0 Å². The molecule has 2 aromatic rings. The predicted octanol–water partition coefficient (Wildman–Crippen LogP) is 4.67. The molecule has 94 valence electrons. The Bertz CT molecular complexity index is 583. The van der Waals surface area contributed by atoms with Crippen LogP contribution in [0.2, 0.25) is 0 Å². The molecular formula is C12H7Br2FO2S. The molecule has 0 unspecified atom stereocenters. The first-order chi connectivity index (χ1) is 8.56. The number of hydrogen-bond acceptors (Lipinski definition) is 3. The van der Waals surface area contributed by atoms with E-state index in [4.69, 9.17) is 4.74 Å². The molecule has 0 N–H and O–H groups in total. The van der Waals surface area contributed by atoms with Crippen molar-refractivity contribution in [3.05, 3.63) is 49.3 Å². The molecule has 0 amide bonds. The van der Waals surface area contributed by atoms with Gasteiger partial charge in [-0.1, -0.05) is 15.9 Å². The fourth-order valence-corrected chi connectivity index (χ4v) is 2.92. The van der Waals surface area contributed by atoms with E-state index in [0.717, 1.165) is 3.79 Å². The number of carbonyl (C=O) groups is 1. The summed E-state index contributed by atoms with van der Waals surface area (Å²) in [4.78, 5) is 12.3. The third-order valence-electron chi connectivity index (χ3n) is 2.10. The molecule has 18 heavy (non-hydrogen) atoms. The highest BCUT2D eigenvalue weighted by Gasteiger charge is 2.11. The summed E-state index contributed by atoms with van der Waals surface area (Å²) in [5, 5.41) is 0. The highest BCUT2D eigenvalue weighted by molar-refractivity contribution is 9.11. The van der Waals surface area contributed by atoms with Crippen LogP contribution in [0.15, 0.2) is 38.6 Å². The van der Waals surface area contributed by atoms with Crippen LogP contribution in [-0.4, -0.2) is 12.4 Å². The van der Waals surface area contributed by atoms with E-state index in [2.05, 4.69) is 31.9 Å². The van der Waals surface area contributed by atoms with E-state index in [9.17, 15) is 9.18 Å². The summed E-state index contributed by atoms with van der Waals surface area (Å²) in [6, 6.07) is 7.84. The third kappa shape index (κ3) is 3.40. The molecule has 0 spiro atoms. The van der Waals surface area contributed by atoms with Gasteiger partial charge in [0.1, 0.15) is 0 Å². The molecular weight excluding hydrogens is 387 g/mol. The molecule has 0 bridgehead atoms. The molecule has 0 aliphatic heterocycles. The highest BCUT2D eigenvalue weighted by Crippen LogP contribution is 2.24. The largest absolute Gasteiger partial charge is 0.482 e.